The molecule has 0 bridgehead atoms. The molecule has 0 aliphatic carbocycles. The van der Waals surface area contributed by atoms with Gasteiger partial charge in [0.15, 0.2) is 5.78 Å². The Balaban J connectivity index is 1.86. The number of carbonyl (C=O) groups excluding carboxylic acids is 2. The number of rotatable bonds is 5. The van der Waals surface area contributed by atoms with Gasteiger partial charge in [-0.2, -0.15) is 0 Å². The minimum Gasteiger partial charge on any atom is -0.347 e. The number of benzene rings is 2. The molecule has 120 valence electrons. The summed E-state index contributed by atoms with van der Waals surface area (Å²) >= 11 is 0. The molecule has 0 saturated carbocycles. The number of carbonyl (C=O) groups is 2. The van der Waals surface area contributed by atoms with Gasteiger partial charge in [-0.15, -0.1) is 0 Å². The second-order valence-corrected chi connectivity index (χ2v) is 5.62. The second kappa shape index (κ2) is 6.62. The molecule has 2 aromatic carbocycles. The van der Waals surface area contributed by atoms with E-state index in [4.69, 9.17) is 0 Å². The van der Waals surface area contributed by atoms with E-state index >= 15 is 0 Å². The van der Waals surface area contributed by atoms with Crippen molar-refractivity contribution in [2.45, 2.75) is 6.42 Å². The van der Waals surface area contributed by atoms with Crippen LogP contribution in [0.4, 0.5) is 4.39 Å². The summed E-state index contributed by atoms with van der Waals surface area (Å²) in [5.41, 5.74) is 1.65. The van der Waals surface area contributed by atoms with E-state index in [0.29, 0.717) is 5.56 Å². The van der Waals surface area contributed by atoms with E-state index in [-0.39, 0.29) is 23.5 Å². The zero-order valence-electron chi connectivity index (χ0n) is 13.2. The van der Waals surface area contributed by atoms with Crippen LogP contribution < -0.4 is 0 Å². The van der Waals surface area contributed by atoms with E-state index in [2.05, 4.69) is 0 Å². The molecular formula is C20H16FNO2. The lowest BCUT2D eigenvalue weighted by Gasteiger charge is -2.03. The lowest BCUT2D eigenvalue weighted by Crippen LogP contribution is -2.08. The van der Waals surface area contributed by atoms with Gasteiger partial charge in [-0.05, 0) is 23.8 Å². The van der Waals surface area contributed by atoms with E-state index in [1.807, 2.05) is 30.3 Å². The van der Waals surface area contributed by atoms with E-state index in [1.165, 1.54) is 24.3 Å². The fourth-order valence-corrected chi connectivity index (χ4v) is 2.61. The molecule has 0 radical (unpaired) electrons. The molecule has 0 spiro atoms. The highest BCUT2D eigenvalue weighted by molar-refractivity contribution is 6.10. The van der Waals surface area contributed by atoms with Gasteiger partial charge in [-0.25, -0.2) is 4.39 Å². The maximum Gasteiger partial charge on any atom is 0.212 e. The molecule has 3 aromatic rings. The first kappa shape index (κ1) is 15.9. The maximum atomic E-state index is 13.8. The molecule has 4 heteroatoms. The van der Waals surface area contributed by atoms with E-state index in [9.17, 15) is 14.0 Å². The van der Waals surface area contributed by atoms with Crippen LogP contribution in [0, 0.1) is 5.82 Å². The van der Waals surface area contributed by atoms with Crippen molar-refractivity contribution in [1.29, 1.82) is 0 Å². The van der Waals surface area contributed by atoms with Gasteiger partial charge in [0, 0.05) is 25.2 Å². The summed E-state index contributed by atoms with van der Waals surface area (Å²) in [5.74, 6) is -1.08. The lowest BCUT2D eigenvalue weighted by molar-refractivity contribution is 0.0992. The number of hydrogen-bond donors (Lipinski definition) is 0. The van der Waals surface area contributed by atoms with Crippen LogP contribution >= 0.6 is 0 Å². The first-order valence-electron chi connectivity index (χ1n) is 7.59. The van der Waals surface area contributed by atoms with Gasteiger partial charge >= 0.3 is 0 Å². The monoisotopic (exact) mass is 321 g/mol. The predicted molar refractivity (Wildman–Crippen MR) is 89.7 cm³/mol. The maximum absolute atomic E-state index is 13.8. The van der Waals surface area contributed by atoms with E-state index in [1.54, 1.807) is 23.9 Å². The molecule has 24 heavy (non-hydrogen) atoms. The van der Waals surface area contributed by atoms with Crippen molar-refractivity contribution in [3.8, 4) is 0 Å². The van der Waals surface area contributed by atoms with Crippen molar-refractivity contribution in [1.82, 2.24) is 4.57 Å². The Morgan fingerprint density at radius 1 is 1.00 bits per heavy atom. The molecule has 0 N–H and O–H groups in total. The molecule has 0 amide bonds. The Morgan fingerprint density at radius 2 is 1.67 bits per heavy atom. The number of aryl methyl sites for hydroxylation is 1. The van der Waals surface area contributed by atoms with Crippen molar-refractivity contribution < 1.29 is 14.0 Å². The van der Waals surface area contributed by atoms with Crippen LogP contribution in [0.15, 0.2) is 66.9 Å². The number of nitrogens with zero attached hydrogens (tertiary/aromatic N) is 1. The van der Waals surface area contributed by atoms with Crippen molar-refractivity contribution in [3.05, 3.63) is 95.1 Å². The molecular weight excluding hydrogens is 305 g/mol. The Hall–Kier alpha value is -3.01. The summed E-state index contributed by atoms with van der Waals surface area (Å²) in [6.45, 7) is 0. The Labute approximate surface area is 139 Å². The summed E-state index contributed by atoms with van der Waals surface area (Å²) in [7, 11) is 1.67. The fourth-order valence-electron chi connectivity index (χ4n) is 2.61. The summed E-state index contributed by atoms with van der Waals surface area (Å²) in [5, 5.41) is 0. The second-order valence-electron chi connectivity index (χ2n) is 5.62. The Bertz CT molecular complexity index is 897. The van der Waals surface area contributed by atoms with Crippen LogP contribution in [0.2, 0.25) is 0 Å². The SMILES string of the molecule is Cn1cc(C(=O)Cc2ccccc2)cc1C(=O)c1ccccc1F. The summed E-state index contributed by atoms with van der Waals surface area (Å²) in [6, 6.07) is 16.8. The van der Waals surface area contributed by atoms with Gasteiger partial charge in [0.05, 0.1) is 11.3 Å². The smallest absolute Gasteiger partial charge is 0.212 e. The highest BCUT2D eigenvalue weighted by Gasteiger charge is 2.19. The fraction of sp³-hybridized carbons (Fsp3) is 0.100. The molecule has 0 atom stereocenters. The predicted octanol–water partition coefficient (Wildman–Crippen LogP) is 3.82. The van der Waals surface area contributed by atoms with Crippen LogP contribution in [0.1, 0.15) is 32.0 Å². The van der Waals surface area contributed by atoms with Crippen molar-refractivity contribution in [2.75, 3.05) is 0 Å². The van der Waals surface area contributed by atoms with E-state index < -0.39 is 11.6 Å². The van der Waals surface area contributed by atoms with Crippen LogP contribution in [-0.2, 0) is 13.5 Å². The number of ketones is 2. The van der Waals surface area contributed by atoms with Gasteiger partial charge in [-0.1, -0.05) is 42.5 Å². The number of aromatic nitrogens is 1. The third kappa shape index (κ3) is 3.18. The van der Waals surface area contributed by atoms with E-state index in [0.717, 1.165) is 5.56 Å². The Kier molecular flexibility index (Phi) is 4.38. The van der Waals surface area contributed by atoms with Crippen molar-refractivity contribution >= 4 is 11.6 Å². The Morgan fingerprint density at radius 3 is 2.38 bits per heavy atom. The molecule has 0 aliphatic heterocycles. The van der Waals surface area contributed by atoms with Gasteiger partial charge in [0.1, 0.15) is 5.82 Å². The highest BCUT2D eigenvalue weighted by atomic mass is 19.1. The largest absolute Gasteiger partial charge is 0.347 e. The normalized spacial score (nSPS) is 10.6. The number of hydrogen-bond acceptors (Lipinski definition) is 2. The minimum absolute atomic E-state index is 0.000702. The standard InChI is InChI=1S/C20H16FNO2/c1-22-13-15(19(23)11-14-7-3-2-4-8-14)12-18(22)20(24)16-9-5-6-10-17(16)21/h2-10,12-13H,11H2,1H3. The van der Waals surface area contributed by atoms with Crippen molar-refractivity contribution in [3.63, 3.8) is 0 Å². The van der Waals surface area contributed by atoms with Gasteiger partial charge in [-0.3, -0.25) is 9.59 Å². The molecule has 0 fully saturated rings. The summed E-state index contributed by atoms with van der Waals surface area (Å²) in [6.07, 6.45) is 1.87. The number of halogens is 1. The van der Waals surface area contributed by atoms with Gasteiger partial charge in [0.25, 0.3) is 0 Å². The molecule has 3 nitrogen and oxygen atoms in total. The lowest BCUT2D eigenvalue weighted by atomic mass is 10.0. The molecule has 0 aliphatic rings. The van der Waals surface area contributed by atoms with Gasteiger partial charge < -0.3 is 4.57 Å². The molecule has 0 saturated heterocycles. The average Bonchev–Trinajstić information content (AvgIpc) is 2.98. The topological polar surface area (TPSA) is 39.1 Å². The zero-order valence-corrected chi connectivity index (χ0v) is 13.2. The molecule has 1 heterocycles. The quantitative estimate of drug-likeness (QED) is 0.670. The zero-order chi connectivity index (χ0) is 17.1. The minimum atomic E-state index is -0.569. The molecule has 0 unspecified atom stereocenters. The van der Waals surface area contributed by atoms with Crippen LogP contribution in [0.5, 0.6) is 0 Å². The molecule has 3 rings (SSSR count). The number of Topliss-reactive ketones (excluding diaryl/α,β-unsaturated/α-hetero) is 1. The third-order valence-electron chi connectivity index (χ3n) is 3.89. The first-order chi connectivity index (χ1) is 11.6. The third-order valence-corrected chi connectivity index (χ3v) is 3.89. The van der Waals surface area contributed by atoms with Crippen molar-refractivity contribution in [2.24, 2.45) is 7.05 Å². The summed E-state index contributed by atoms with van der Waals surface area (Å²) < 4.78 is 15.4. The summed E-state index contributed by atoms with van der Waals surface area (Å²) in [4.78, 5) is 24.9. The highest BCUT2D eigenvalue weighted by Crippen LogP contribution is 2.17. The van der Waals surface area contributed by atoms with Crippen LogP contribution in [-0.4, -0.2) is 16.1 Å². The van der Waals surface area contributed by atoms with Crippen LogP contribution in [0.25, 0.3) is 0 Å². The van der Waals surface area contributed by atoms with Gasteiger partial charge in [0.2, 0.25) is 5.78 Å². The first-order valence-corrected chi connectivity index (χ1v) is 7.59. The van der Waals surface area contributed by atoms with Crippen LogP contribution in [0.3, 0.4) is 0 Å². The average molecular weight is 321 g/mol. The molecule has 1 aromatic heterocycles.